The van der Waals surface area contributed by atoms with Gasteiger partial charge in [-0.2, -0.15) is 0 Å². The maximum absolute atomic E-state index is 12.5. The summed E-state index contributed by atoms with van der Waals surface area (Å²) in [5.74, 6) is -0.645. The number of ketones is 1. The molecule has 1 N–H and O–H groups in total. The summed E-state index contributed by atoms with van der Waals surface area (Å²) in [6.45, 7) is 4.06. The van der Waals surface area contributed by atoms with Crippen molar-refractivity contribution in [2.45, 2.75) is 32.6 Å². The fourth-order valence-corrected chi connectivity index (χ4v) is 2.18. The van der Waals surface area contributed by atoms with Gasteiger partial charge in [0.25, 0.3) is 0 Å². The van der Waals surface area contributed by atoms with E-state index in [-0.39, 0.29) is 11.7 Å². The fraction of sp³-hybridized carbons (Fsp3) is 0.467. The Morgan fingerprint density at radius 2 is 1.95 bits per heavy atom. The van der Waals surface area contributed by atoms with Crippen LogP contribution in [0.3, 0.4) is 0 Å². The monoisotopic (exact) mass is 262 g/mol. The lowest BCUT2D eigenvalue weighted by molar-refractivity contribution is -0.141. The van der Waals surface area contributed by atoms with Crippen LogP contribution < -0.4 is 4.74 Å². The first kappa shape index (κ1) is 13.6. The van der Waals surface area contributed by atoms with Gasteiger partial charge in [-0.25, -0.2) is 0 Å². The molecule has 1 aliphatic carbocycles. The van der Waals surface area contributed by atoms with Crippen molar-refractivity contribution in [3.05, 3.63) is 29.3 Å². The number of hydrogen-bond acceptors (Lipinski definition) is 3. The first-order chi connectivity index (χ1) is 8.92. The number of methoxy groups -OCH3 is 1. The van der Waals surface area contributed by atoms with E-state index >= 15 is 0 Å². The Morgan fingerprint density at radius 1 is 1.32 bits per heavy atom. The molecule has 1 aromatic rings. The van der Waals surface area contributed by atoms with E-state index in [0.29, 0.717) is 24.2 Å². The van der Waals surface area contributed by atoms with Crippen LogP contribution in [0, 0.1) is 5.41 Å². The summed E-state index contributed by atoms with van der Waals surface area (Å²) in [4.78, 5) is 23.7. The molecule has 2 rings (SSSR count). The first-order valence-electron chi connectivity index (χ1n) is 6.38. The Balaban J connectivity index is 2.45. The molecule has 0 bridgehead atoms. The van der Waals surface area contributed by atoms with Crippen molar-refractivity contribution in [2.75, 3.05) is 7.11 Å². The molecule has 0 radical (unpaired) electrons. The van der Waals surface area contributed by atoms with Crippen LogP contribution in [0.15, 0.2) is 18.2 Å². The van der Waals surface area contributed by atoms with Crippen LogP contribution >= 0.6 is 0 Å². The molecule has 19 heavy (non-hydrogen) atoms. The van der Waals surface area contributed by atoms with Crippen molar-refractivity contribution < 1.29 is 19.4 Å². The fourth-order valence-electron chi connectivity index (χ4n) is 2.18. The largest absolute Gasteiger partial charge is 0.496 e. The second kappa shape index (κ2) is 4.68. The van der Waals surface area contributed by atoms with Gasteiger partial charge in [0.2, 0.25) is 0 Å². The molecule has 1 fully saturated rings. The van der Waals surface area contributed by atoms with E-state index in [4.69, 9.17) is 4.74 Å². The molecule has 1 saturated carbocycles. The SMILES string of the molecule is COc1ccc(C(C)C)cc1C(=O)C1(C(=O)O)CC1. The van der Waals surface area contributed by atoms with Crippen molar-refractivity contribution >= 4 is 11.8 Å². The number of rotatable bonds is 5. The average Bonchev–Trinajstić information content (AvgIpc) is 3.18. The number of benzene rings is 1. The number of carboxylic acid groups (broad SMARTS) is 1. The van der Waals surface area contributed by atoms with Gasteiger partial charge in [0, 0.05) is 0 Å². The van der Waals surface area contributed by atoms with Gasteiger partial charge in [0.05, 0.1) is 12.7 Å². The first-order valence-corrected chi connectivity index (χ1v) is 6.38. The van der Waals surface area contributed by atoms with Crippen LogP contribution in [0.4, 0.5) is 0 Å². The zero-order chi connectivity index (χ0) is 14.2. The summed E-state index contributed by atoms with van der Waals surface area (Å²) in [7, 11) is 1.49. The number of carboxylic acids is 1. The van der Waals surface area contributed by atoms with Gasteiger partial charge in [-0.3, -0.25) is 9.59 Å². The highest BCUT2D eigenvalue weighted by Crippen LogP contribution is 2.49. The highest BCUT2D eigenvalue weighted by Gasteiger charge is 2.57. The van der Waals surface area contributed by atoms with Gasteiger partial charge >= 0.3 is 5.97 Å². The minimum atomic E-state index is -1.22. The normalized spacial score (nSPS) is 16.2. The maximum Gasteiger partial charge on any atom is 0.317 e. The quantitative estimate of drug-likeness (QED) is 0.654. The number of Topliss-reactive ketones (excluding diaryl/α,β-unsaturated/α-hetero) is 1. The number of aliphatic carboxylic acids is 1. The molecule has 102 valence electrons. The van der Waals surface area contributed by atoms with Crippen LogP contribution in [0.1, 0.15) is 48.5 Å². The summed E-state index contributed by atoms with van der Waals surface area (Å²) in [6.07, 6.45) is 0.826. The van der Waals surface area contributed by atoms with Gasteiger partial charge in [-0.1, -0.05) is 19.9 Å². The van der Waals surface area contributed by atoms with Crippen LogP contribution in [0.25, 0.3) is 0 Å². The molecule has 0 spiro atoms. The lowest BCUT2D eigenvalue weighted by atomic mass is 9.91. The van der Waals surface area contributed by atoms with E-state index in [2.05, 4.69) is 0 Å². The van der Waals surface area contributed by atoms with E-state index in [1.807, 2.05) is 19.9 Å². The van der Waals surface area contributed by atoms with Crippen LogP contribution in [0.2, 0.25) is 0 Å². The molecule has 0 aliphatic heterocycles. The predicted molar refractivity (Wildman–Crippen MR) is 70.7 cm³/mol. The highest BCUT2D eigenvalue weighted by atomic mass is 16.5. The highest BCUT2D eigenvalue weighted by molar-refractivity contribution is 6.15. The number of hydrogen-bond donors (Lipinski definition) is 1. The van der Waals surface area contributed by atoms with Gasteiger partial charge in [0.1, 0.15) is 11.2 Å². The molecule has 0 heterocycles. The Kier molecular flexibility index (Phi) is 3.35. The zero-order valence-corrected chi connectivity index (χ0v) is 11.4. The summed E-state index contributed by atoms with van der Waals surface area (Å²) >= 11 is 0. The number of ether oxygens (including phenoxy) is 1. The minimum Gasteiger partial charge on any atom is -0.496 e. The van der Waals surface area contributed by atoms with Crippen molar-refractivity contribution in [3.8, 4) is 5.75 Å². The van der Waals surface area contributed by atoms with E-state index in [9.17, 15) is 14.7 Å². The molecular formula is C15H18O4. The summed E-state index contributed by atoms with van der Waals surface area (Å²) in [6, 6.07) is 5.40. The molecule has 4 nitrogen and oxygen atoms in total. The van der Waals surface area contributed by atoms with Crippen molar-refractivity contribution in [1.29, 1.82) is 0 Å². The third-order valence-electron chi connectivity index (χ3n) is 3.73. The molecular weight excluding hydrogens is 244 g/mol. The smallest absolute Gasteiger partial charge is 0.317 e. The second-order valence-corrected chi connectivity index (χ2v) is 5.33. The molecule has 1 aromatic carbocycles. The number of carbonyl (C=O) groups excluding carboxylic acids is 1. The standard InChI is InChI=1S/C15H18O4/c1-9(2)10-4-5-12(19-3)11(8-10)13(16)15(6-7-15)14(17)18/h4-5,8-9H,6-7H2,1-3H3,(H,17,18). The Morgan fingerprint density at radius 3 is 2.37 bits per heavy atom. The minimum absolute atomic E-state index is 0.275. The summed E-state index contributed by atoms with van der Waals surface area (Å²) in [5, 5.41) is 9.22. The van der Waals surface area contributed by atoms with Gasteiger partial charge in [0.15, 0.2) is 5.78 Å². The van der Waals surface area contributed by atoms with E-state index in [1.54, 1.807) is 12.1 Å². The van der Waals surface area contributed by atoms with E-state index < -0.39 is 11.4 Å². The second-order valence-electron chi connectivity index (χ2n) is 5.33. The molecule has 0 amide bonds. The Hall–Kier alpha value is -1.84. The third-order valence-corrected chi connectivity index (χ3v) is 3.73. The topological polar surface area (TPSA) is 63.6 Å². The molecule has 0 saturated heterocycles. The number of carbonyl (C=O) groups is 2. The van der Waals surface area contributed by atoms with Gasteiger partial charge < -0.3 is 9.84 Å². The van der Waals surface area contributed by atoms with Crippen LogP contribution in [0.5, 0.6) is 5.75 Å². The summed E-state index contributed by atoms with van der Waals surface area (Å²) in [5.41, 5.74) is 0.169. The van der Waals surface area contributed by atoms with Crippen molar-refractivity contribution in [3.63, 3.8) is 0 Å². The lowest BCUT2D eigenvalue weighted by Gasteiger charge is -2.15. The summed E-state index contributed by atoms with van der Waals surface area (Å²) < 4.78 is 5.19. The lowest BCUT2D eigenvalue weighted by Crippen LogP contribution is -2.26. The predicted octanol–water partition coefficient (Wildman–Crippen LogP) is 2.87. The molecule has 0 unspecified atom stereocenters. The van der Waals surface area contributed by atoms with E-state index in [0.717, 1.165) is 5.56 Å². The molecule has 0 aromatic heterocycles. The van der Waals surface area contributed by atoms with Crippen LogP contribution in [-0.2, 0) is 4.79 Å². The molecule has 4 heteroatoms. The Bertz CT molecular complexity index is 527. The van der Waals surface area contributed by atoms with Gasteiger partial charge in [-0.15, -0.1) is 0 Å². The van der Waals surface area contributed by atoms with E-state index in [1.165, 1.54) is 7.11 Å². The molecule has 1 aliphatic rings. The van der Waals surface area contributed by atoms with Gasteiger partial charge in [-0.05, 0) is 36.5 Å². The van der Waals surface area contributed by atoms with Crippen molar-refractivity contribution in [1.82, 2.24) is 0 Å². The molecule has 0 atom stereocenters. The van der Waals surface area contributed by atoms with Crippen LogP contribution in [-0.4, -0.2) is 24.0 Å². The average molecular weight is 262 g/mol. The third kappa shape index (κ3) is 2.23. The van der Waals surface area contributed by atoms with Crippen molar-refractivity contribution in [2.24, 2.45) is 5.41 Å². The zero-order valence-electron chi connectivity index (χ0n) is 11.4. The maximum atomic E-state index is 12.5. The Labute approximate surface area is 112 Å².